The Morgan fingerprint density at radius 3 is 2.81 bits per heavy atom. The molecule has 0 bridgehead atoms. The molecule has 0 aliphatic carbocycles. The number of hydrogen-bond acceptors (Lipinski definition) is 5. The Morgan fingerprint density at radius 1 is 1.38 bits per heavy atom. The number of nitrogens with zero attached hydrogens (tertiary/aromatic N) is 3. The van der Waals surface area contributed by atoms with Crippen LogP contribution >= 0.6 is 0 Å². The first-order valence-corrected chi connectivity index (χ1v) is 7.15. The third kappa shape index (κ3) is 3.62. The molecule has 0 saturated heterocycles. The van der Waals surface area contributed by atoms with Crippen molar-refractivity contribution in [2.24, 2.45) is 0 Å². The van der Waals surface area contributed by atoms with Crippen LogP contribution in [0.15, 0.2) is 18.6 Å². The zero-order chi connectivity index (χ0) is 15.4. The Hall–Kier alpha value is -2.31. The second kappa shape index (κ2) is 6.43. The molecule has 0 spiro atoms. The van der Waals surface area contributed by atoms with Crippen molar-refractivity contribution in [3.05, 3.63) is 18.6 Å². The lowest BCUT2D eigenvalue weighted by molar-refractivity contribution is -0.122. The molecule has 0 fully saturated rings. The lowest BCUT2D eigenvalue weighted by Gasteiger charge is -2.17. The maximum Gasteiger partial charge on any atom is 0.242 e. The first-order valence-electron chi connectivity index (χ1n) is 7.15. The maximum absolute atomic E-state index is 12.0. The summed E-state index contributed by atoms with van der Waals surface area (Å²) in [5, 5.41) is 9.17. The van der Waals surface area contributed by atoms with Gasteiger partial charge in [0.25, 0.3) is 0 Å². The Bertz CT molecular complexity index is 621. The van der Waals surface area contributed by atoms with Crippen molar-refractivity contribution in [3.8, 4) is 0 Å². The summed E-state index contributed by atoms with van der Waals surface area (Å²) in [5.74, 6) is 1.26. The Morgan fingerprint density at radius 2 is 2.14 bits per heavy atom. The third-order valence-electron chi connectivity index (χ3n) is 2.91. The van der Waals surface area contributed by atoms with Gasteiger partial charge in [-0.2, -0.15) is 0 Å². The van der Waals surface area contributed by atoms with Gasteiger partial charge in [0.15, 0.2) is 11.5 Å². The molecule has 21 heavy (non-hydrogen) atoms. The van der Waals surface area contributed by atoms with E-state index in [0.29, 0.717) is 11.5 Å². The van der Waals surface area contributed by atoms with Gasteiger partial charge in [-0.15, -0.1) is 0 Å². The van der Waals surface area contributed by atoms with E-state index in [-0.39, 0.29) is 11.9 Å². The van der Waals surface area contributed by atoms with E-state index in [4.69, 9.17) is 0 Å². The summed E-state index contributed by atoms with van der Waals surface area (Å²) < 4.78 is 1.88. The molecule has 2 heterocycles. The number of aromatic nitrogens is 3. The Labute approximate surface area is 124 Å². The molecule has 2 aromatic rings. The quantitative estimate of drug-likeness (QED) is 0.750. The normalized spacial score (nSPS) is 12.4. The summed E-state index contributed by atoms with van der Waals surface area (Å²) in [7, 11) is 0. The largest absolute Gasteiger partial charge is 0.369 e. The number of carbonyl (C=O) groups is 1. The van der Waals surface area contributed by atoms with Crippen LogP contribution in [-0.4, -0.2) is 38.9 Å². The van der Waals surface area contributed by atoms with Crippen molar-refractivity contribution in [3.63, 3.8) is 0 Å². The molecule has 2 aromatic heterocycles. The van der Waals surface area contributed by atoms with Crippen LogP contribution in [0.5, 0.6) is 0 Å². The monoisotopic (exact) mass is 290 g/mol. The van der Waals surface area contributed by atoms with Crippen LogP contribution in [0.4, 0.5) is 11.6 Å². The molecular formula is C14H22N6O. The molecule has 0 aliphatic rings. The fourth-order valence-electron chi connectivity index (χ4n) is 1.97. The van der Waals surface area contributed by atoms with Crippen LogP contribution in [0.25, 0.3) is 5.65 Å². The molecule has 1 unspecified atom stereocenters. The fourth-order valence-corrected chi connectivity index (χ4v) is 1.97. The average molecular weight is 290 g/mol. The molecule has 1 atom stereocenters. The maximum atomic E-state index is 12.0. The molecular weight excluding hydrogens is 268 g/mol. The first kappa shape index (κ1) is 15.1. The van der Waals surface area contributed by atoms with Gasteiger partial charge in [0, 0.05) is 25.0 Å². The van der Waals surface area contributed by atoms with Crippen molar-refractivity contribution < 1.29 is 4.79 Å². The molecule has 7 heteroatoms. The topological polar surface area (TPSA) is 83.3 Å². The molecule has 0 aliphatic heterocycles. The zero-order valence-corrected chi connectivity index (χ0v) is 12.8. The summed E-state index contributed by atoms with van der Waals surface area (Å²) in [5.41, 5.74) is 0.695. The van der Waals surface area contributed by atoms with Gasteiger partial charge in [-0.05, 0) is 27.7 Å². The van der Waals surface area contributed by atoms with Crippen LogP contribution in [0, 0.1) is 0 Å². The fraction of sp³-hybridized carbons (Fsp3) is 0.500. The van der Waals surface area contributed by atoms with Crippen molar-refractivity contribution in [1.29, 1.82) is 0 Å². The summed E-state index contributed by atoms with van der Waals surface area (Å²) >= 11 is 0. The number of carbonyl (C=O) groups excluding carboxylic acids is 1. The Kier molecular flexibility index (Phi) is 4.62. The number of hydrogen-bond donors (Lipinski definition) is 3. The van der Waals surface area contributed by atoms with Gasteiger partial charge in [-0.25, -0.2) is 9.97 Å². The molecule has 7 nitrogen and oxygen atoms in total. The van der Waals surface area contributed by atoms with E-state index in [9.17, 15) is 4.79 Å². The van der Waals surface area contributed by atoms with E-state index < -0.39 is 6.04 Å². The van der Waals surface area contributed by atoms with E-state index in [0.717, 1.165) is 12.4 Å². The van der Waals surface area contributed by atoms with Gasteiger partial charge < -0.3 is 20.4 Å². The van der Waals surface area contributed by atoms with Crippen molar-refractivity contribution >= 4 is 23.2 Å². The van der Waals surface area contributed by atoms with Crippen LogP contribution in [0.1, 0.15) is 27.7 Å². The molecule has 3 N–H and O–H groups in total. The van der Waals surface area contributed by atoms with Gasteiger partial charge in [-0.3, -0.25) is 4.79 Å². The molecule has 1 amide bonds. The molecule has 0 saturated carbocycles. The molecule has 2 rings (SSSR count). The van der Waals surface area contributed by atoms with Gasteiger partial charge in [-0.1, -0.05) is 0 Å². The highest BCUT2D eigenvalue weighted by Gasteiger charge is 2.16. The van der Waals surface area contributed by atoms with E-state index in [1.54, 1.807) is 13.1 Å². The summed E-state index contributed by atoms with van der Waals surface area (Å²) in [6.07, 6.45) is 5.43. The van der Waals surface area contributed by atoms with Crippen molar-refractivity contribution in [1.82, 2.24) is 19.7 Å². The minimum atomic E-state index is -0.391. The first-order chi connectivity index (χ1) is 10.0. The lowest BCUT2D eigenvalue weighted by atomic mass is 10.3. The van der Waals surface area contributed by atoms with E-state index in [2.05, 4.69) is 25.9 Å². The number of fused-ring (bicyclic) bond motifs is 1. The summed E-state index contributed by atoms with van der Waals surface area (Å²) in [6, 6.07) is -0.286. The average Bonchev–Trinajstić information content (AvgIpc) is 2.86. The number of anilines is 2. The number of imidazole rings is 1. The van der Waals surface area contributed by atoms with Gasteiger partial charge in [0.2, 0.25) is 5.91 Å². The predicted molar refractivity (Wildman–Crippen MR) is 83.5 cm³/mol. The highest BCUT2D eigenvalue weighted by molar-refractivity contribution is 5.85. The van der Waals surface area contributed by atoms with Crippen LogP contribution in [0.2, 0.25) is 0 Å². The van der Waals surface area contributed by atoms with Crippen LogP contribution in [-0.2, 0) is 4.79 Å². The van der Waals surface area contributed by atoms with Gasteiger partial charge in [0.05, 0.1) is 6.20 Å². The zero-order valence-electron chi connectivity index (χ0n) is 12.8. The predicted octanol–water partition coefficient (Wildman–Crippen LogP) is 1.49. The number of nitrogens with one attached hydrogen (secondary N) is 3. The minimum Gasteiger partial charge on any atom is -0.369 e. The van der Waals surface area contributed by atoms with Crippen LogP contribution in [0.3, 0.4) is 0 Å². The van der Waals surface area contributed by atoms with Gasteiger partial charge >= 0.3 is 0 Å². The van der Waals surface area contributed by atoms with Crippen molar-refractivity contribution in [2.45, 2.75) is 39.8 Å². The molecule has 0 radical (unpaired) electrons. The highest BCUT2D eigenvalue weighted by Crippen LogP contribution is 2.17. The minimum absolute atomic E-state index is 0.0645. The van der Waals surface area contributed by atoms with Crippen LogP contribution < -0.4 is 16.0 Å². The smallest absolute Gasteiger partial charge is 0.242 e. The van der Waals surface area contributed by atoms with E-state index in [1.165, 1.54) is 0 Å². The van der Waals surface area contributed by atoms with Gasteiger partial charge in [0.1, 0.15) is 11.9 Å². The molecule has 114 valence electrons. The summed E-state index contributed by atoms with van der Waals surface area (Å²) in [6.45, 7) is 8.45. The second-order valence-corrected chi connectivity index (χ2v) is 5.19. The third-order valence-corrected chi connectivity index (χ3v) is 2.91. The standard InChI is InChI=1S/C14H22N6O/c1-5-15-11-8-20-7-6-16-13(20)12(19-11)18-10(4)14(21)17-9(2)3/h6-10,15H,5H2,1-4H3,(H,17,21)(H,18,19). The summed E-state index contributed by atoms with van der Waals surface area (Å²) in [4.78, 5) is 20.7. The Balaban J connectivity index is 2.23. The molecule has 0 aromatic carbocycles. The number of amides is 1. The number of rotatable bonds is 6. The van der Waals surface area contributed by atoms with E-state index in [1.807, 2.05) is 37.6 Å². The van der Waals surface area contributed by atoms with E-state index >= 15 is 0 Å². The highest BCUT2D eigenvalue weighted by atomic mass is 16.2. The second-order valence-electron chi connectivity index (χ2n) is 5.19. The lowest BCUT2D eigenvalue weighted by Crippen LogP contribution is -2.41. The SMILES string of the molecule is CCNc1cn2ccnc2c(NC(C)C(=O)NC(C)C)n1. The van der Waals surface area contributed by atoms with Crippen molar-refractivity contribution in [2.75, 3.05) is 17.2 Å².